The first kappa shape index (κ1) is 34.6. The third-order valence-electron chi connectivity index (χ3n) is 7.23. The van der Waals surface area contributed by atoms with Gasteiger partial charge in [0.25, 0.3) is 0 Å². The van der Waals surface area contributed by atoms with E-state index in [2.05, 4.69) is 30.2 Å². The summed E-state index contributed by atoms with van der Waals surface area (Å²) in [5.41, 5.74) is 1.80. The van der Waals surface area contributed by atoms with Crippen LogP contribution < -0.4 is 5.32 Å². The fraction of sp³-hybridized carbons (Fsp3) is 0.294. The maximum atomic E-state index is 14.2. The number of alkyl halides is 3. The lowest BCUT2D eigenvalue weighted by atomic mass is 10.1. The number of thiocarbonyl (C=S) groups is 1. The molecule has 0 radical (unpaired) electrons. The molecule has 0 spiro atoms. The van der Waals surface area contributed by atoms with E-state index in [0.29, 0.717) is 40.9 Å². The molecule has 46 heavy (non-hydrogen) atoms. The minimum absolute atomic E-state index is 0.000499. The molecule has 0 saturated heterocycles. The lowest BCUT2D eigenvalue weighted by Gasteiger charge is -2.36. The van der Waals surface area contributed by atoms with Crippen molar-refractivity contribution in [2.45, 2.75) is 52.4 Å². The van der Waals surface area contributed by atoms with E-state index in [9.17, 15) is 18.0 Å². The van der Waals surface area contributed by atoms with Gasteiger partial charge in [-0.25, -0.2) is 15.0 Å². The molecule has 0 bridgehead atoms. The van der Waals surface area contributed by atoms with Gasteiger partial charge in [0.2, 0.25) is 5.91 Å². The van der Waals surface area contributed by atoms with E-state index in [4.69, 9.17) is 29.1 Å². The van der Waals surface area contributed by atoms with Crippen LogP contribution in [-0.4, -0.2) is 37.1 Å². The molecule has 0 atom stereocenters. The monoisotopic (exact) mass is 666 g/mol. The van der Waals surface area contributed by atoms with E-state index in [0.717, 1.165) is 18.1 Å². The summed E-state index contributed by atoms with van der Waals surface area (Å²) in [5, 5.41) is 15.5. The average Bonchev–Trinajstić information content (AvgIpc) is 3.43. The molecule has 4 rings (SSSR count). The number of hydrazine groups is 1. The smallest absolute Gasteiger partial charge is 0.331 e. The molecule has 7 nitrogen and oxygen atoms in total. The van der Waals surface area contributed by atoms with Crippen molar-refractivity contribution in [3.63, 3.8) is 0 Å². The minimum atomic E-state index is -4.58. The Hall–Kier alpha value is -4.24. The van der Waals surface area contributed by atoms with Gasteiger partial charge in [-0.1, -0.05) is 61.8 Å². The number of hydrogen-bond acceptors (Lipinski definition) is 5. The number of carbonyl (C=O) groups is 1. The fourth-order valence-electron chi connectivity index (χ4n) is 4.95. The Bertz CT molecular complexity index is 1680. The number of nitrogens with zero attached hydrogens (tertiary/aromatic N) is 5. The zero-order chi connectivity index (χ0) is 33.3. The van der Waals surface area contributed by atoms with E-state index in [1.165, 1.54) is 17.1 Å². The van der Waals surface area contributed by atoms with Crippen molar-refractivity contribution in [1.82, 2.24) is 19.6 Å². The van der Waals surface area contributed by atoms with Crippen molar-refractivity contribution in [3.05, 3.63) is 118 Å². The summed E-state index contributed by atoms with van der Waals surface area (Å²) in [4.78, 5) is 18.5. The third kappa shape index (κ3) is 9.63. The van der Waals surface area contributed by atoms with Gasteiger partial charge >= 0.3 is 6.18 Å². The molecule has 0 fully saturated rings. The molecule has 240 valence electrons. The van der Waals surface area contributed by atoms with Crippen molar-refractivity contribution in [2.24, 2.45) is 5.92 Å². The molecular weight excluding hydrogens is 633 g/mol. The van der Waals surface area contributed by atoms with Crippen LogP contribution in [0.25, 0.3) is 0 Å². The van der Waals surface area contributed by atoms with Crippen LogP contribution in [0.4, 0.5) is 18.9 Å². The lowest BCUT2D eigenvalue weighted by molar-refractivity contribution is -0.141. The highest BCUT2D eigenvalue weighted by atomic mass is 35.5. The molecule has 0 aliphatic carbocycles. The highest BCUT2D eigenvalue weighted by molar-refractivity contribution is 7.80. The van der Waals surface area contributed by atoms with Gasteiger partial charge in [0.15, 0.2) is 5.11 Å². The molecule has 12 heteroatoms. The molecule has 1 N–H and O–H groups in total. The van der Waals surface area contributed by atoms with Gasteiger partial charge in [0.05, 0.1) is 29.9 Å². The highest BCUT2D eigenvalue weighted by Crippen LogP contribution is 2.33. The number of benzene rings is 3. The number of amides is 1. The van der Waals surface area contributed by atoms with Gasteiger partial charge < -0.3 is 9.88 Å². The predicted molar refractivity (Wildman–Crippen MR) is 177 cm³/mol. The van der Waals surface area contributed by atoms with E-state index in [1.807, 2.05) is 16.7 Å². The van der Waals surface area contributed by atoms with Gasteiger partial charge in [0.1, 0.15) is 0 Å². The molecule has 0 aliphatic rings. The Kier molecular flexibility index (Phi) is 11.9. The van der Waals surface area contributed by atoms with Gasteiger partial charge in [-0.2, -0.15) is 18.4 Å². The maximum absolute atomic E-state index is 14.2. The molecule has 1 amide bonds. The summed E-state index contributed by atoms with van der Waals surface area (Å²) in [7, 11) is 0. The fourth-order valence-corrected chi connectivity index (χ4v) is 5.48. The van der Waals surface area contributed by atoms with Crippen LogP contribution in [0.5, 0.6) is 0 Å². The summed E-state index contributed by atoms with van der Waals surface area (Å²) < 4.78 is 43.9. The van der Waals surface area contributed by atoms with E-state index in [1.54, 1.807) is 60.0 Å². The van der Waals surface area contributed by atoms with Crippen LogP contribution in [0.2, 0.25) is 5.02 Å². The Morgan fingerprint density at radius 2 is 1.85 bits per heavy atom. The Labute approximate surface area is 277 Å². The van der Waals surface area contributed by atoms with Crippen molar-refractivity contribution < 1.29 is 18.0 Å². The van der Waals surface area contributed by atoms with Crippen molar-refractivity contribution in [1.29, 1.82) is 5.26 Å². The molecule has 1 heterocycles. The molecule has 1 aromatic heterocycles. The van der Waals surface area contributed by atoms with Crippen LogP contribution in [-0.2, 0) is 30.5 Å². The maximum Gasteiger partial charge on any atom is 0.416 e. The molecular formula is C34H34ClF3N6OS. The van der Waals surface area contributed by atoms with Crippen LogP contribution in [0.3, 0.4) is 0 Å². The largest absolute Gasteiger partial charge is 0.416 e. The van der Waals surface area contributed by atoms with Crippen LogP contribution in [0, 0.1) is 17.2 Å². The van der Waals surface area contributed by atoms with Crippen molar-refractivity contribution in [2.75, 3.05) is 11.9 Å². The molecule has 3 aromatic carbocycles. The van der Waals surface area contributed by atoms with E-state index < -0.39 is 17.6 Å². The topological polar surface area (TPSA) is 77.2 Å². The van der Waals surface area contributed by atoms with Gasteiger partial charge in [0, 0.05) is 42.2 Å². The van der Waals surface area contributed by atoms with E-state index in [-0.39, 0.29) is 30.2 Å². The summed E-state index contributed by atoms with van der Waals surface area (Å²) in [5.74, 6) is -0.100. The average molecular weight is 667 g/mol. The summed E-state index contributed by atoms with van der Waals surface area (Å²) >= 11 is 12.0. The number of nitrogens with one attached hydrogen (secondary N) is 1. The zero-order valence-corrected chi connectivity index (χ0v) is 27.0. The first-order valence-electron chi connectivity index (χ1n) is 14.7. The quantitative estimate of drug-likeness (QED) is 0.122. The first-order chi connectivity index (χ1) is 21.9. The van der Waals surface area contributed by atoms with Gasteiger partial charge in [-0.05, 0) is 78.5 Å². The number of imidazole rings is 1. The Morgan fingerprint density at radius 1 is 1.11 bits per heavy atom. The minimum Gasteiger partial charge on any atom is -0.331 e. The zero-order valence-electron chi connectivity index (χ0n) is 25.5. The molecule has 0 aliphatic heterocycles. The second-order valence-corrected chi connectivity index (χ2v) is 12.0. The Morgan fingerprint density at radius 3 is 2.52 bits per heavy atom. The summed E-state index contributed by atoms with van der Waals surface area (Å²) in [6.45, 7) is 4.59. The van der Waals surface area contributed by atoms with Crippen molar-refractivity contribution >= 4 is 40.5 Å². The standard InChI is InChI=1S/C34H34ClF3N6OS/c1-24(2)7-6-16-43(22-27-8-3-4-11-31(27)34(36,37)38)44(33(46)41-29-10-5-9-28(35)17-29)32(45)18-30-20-40-23-42(30)21-26-14-12-25(19-39)13-15-26/h3-5,8-15,17,20,23-24H,6-7,16,18,21-22H2,1-2H3,(H,41,46). The van der Waals surface area contributed by atoms with E-state index >= 15 is 0 Å². The second kappa shape index (κ2) is 15.9. The number of halogens is 4. The number of carbonyl (C=O) groups excluding carboxylic acids is 1. The van der Waals surface area contributed by atoms with Crippen LogP contribution >= 0.6 is 23.8 Å². The Balaban J connectivity index is 1.69. The third-order valence-corrected chi connectivity index (χ3v) is 7.74. The number of anilines is 1. The first-order valence-corrected chi connectivity index (χ1v) is 15.5. The number of aromatic nitrogens is 2. The van der Waals surface area contributed by atoms with Gasteiger partial charge in [-0.15, -0.1) is 0 Å². The number of rotatable bonds is 12. The molecule has 0 saturated carbocycles. The molecule has 4 aromatic rings. The second-order valence-electron chi connectivity index (χ2n) is 11.2. The van der Waals surface area contributed by atoms with Crippen LogP contribution in [0.1, 0.15) is 54.6 Å². The lowest BCUT2D eigenvalue weighted by Crippen LogP contribution is -2.52. The van der Waals surface area contributed by atoms with Crippen LogP contribution in [0.15, 0.2) is 85.3 Å². The summed E-state index contributed by atoms with van der Waals surface area (Å²) in [6, 6.07) is 21.3. The highest BCUT2D eigenvalue weighted by Gasteiger charge is 2.35. The number of hydrogen-bond donors (Lipinski definition) is 1. The SMILES string of the molecule is CC(C)CCCN(Cc1ccccc1C(F)(F)F)N(C(=O)Cc1cncn1Cc1ccc(C#N)cc1)C(=S)Nc1cccc(Cl)c1. The normalized spacial score (nSPS) is 11.5. The predicted octanol–water partition coefficient (Wildman–Crippen LogP) is 8.10. The van der Waals surface area contributed by atoms with Crippen molar-refractivity contribution in [3.8, 4) is 6.07 Å². The number of nitriles is 1. The summed E-state index contributed by atoms with van der Waals surface area (Å²) in [6.07, 6.45) is -0.109. The molecule has 0 unspecified atom stereocenters. The van der Waals surface area contributed by atoms with Gasteiger partial charge in [-0.3, -0.25) is 4.79 Å².